The smallest absolute Gasteiger partial charge is 0.155 e. The number of hydrogen-bond acceptors (Lipinski definition) is 3. The molecule has 0 aromatic heterocycles. The molecular formula is C18H26N2O. The largest absolute Gasteiger partial charge is 0.375 e. The minimum atomic E-state index is -0.743. The van der Waals surface area contributed by atoms with Crippen molar-refractivity contribution in [3.8, 4) is 6.07 Å². The van der Waals surface area contributed by atoms with Crippen LogP contribution in [-0.2, 0) is 10.3 Å². The summed E-state index contributed by atoms with van der Waals surface area (Å²) in [4.78, 5) is 0. The minimum absolute atomic E-state index is 0.286. The first kappa shape index (κ1) is 16.0. The molecule has 1 aromatic rings. The molecule has 1 N–H and O–H groups in total. The maximum Gasteiger partial charge on any atom is 0.155 e. The van der Waals surface area contributed by atoms with Crippen LogP contribution in [0.4, 0.5) is 0 Å². The summed E-state index contributed by atoms with van der Waals surface area (Å²) in [6.45, 7) is 5.44. The summed E-state index contributed by atoms with van der Waals surface area (Å²) in [7, 11) is 0. The Hall–Kier alpha value is -1.37. The Bertz CT molecular complexity index is 468. The van der Waals surface area contributed by atoms with Gasteiger partial charge in [0.25, 0.3) is 0 Å². The van der Waals surface area contributed by atoms with Gasteiger partial charge < -0.3 is 4.74 Å². The van der Waals surface area contributed by atoms with E-state index in [2.05, 4.69) is 18.3 Å². The van der Waals surface area contributed by atoms with Gasteiger partial charge in [-0.25, -0.2) is 0 Å². The van der Waals surface area contributed by atoms with Gasteiger partial charge in [0.05, 0.1) is 18.8 Å². The predicted molar refractivity (Wildman–Crippen MR) is 84.8 cm³/mol. The number of likely N-dealkylation sites (N-methyl/N-ethyl adjacent to an activating group) is 1. The van der Waals surface area contributed by atoms with E-state index in [4.69, 9.17) is 4.74 Å². The van der Waals surface area contributed by atoms with E-state index >= 15 is 0 Å². The number of ether oxygens (including phenoxy) is 1. The highest BCUT2D eigenvalue weighted by Crippen LogP contribution is 2.29. The van der Waals surface area contributed by atoms with E-state index in [0.717, 1.165) is 18.5 Å². The van der Waals surface area contributed by atoms with Crippen LogP contribution in [-0.4, -0.2) is 19.3 Å². The van der Waals surface area contributed by atoms with Crippen molar-refractivity contribution in [1.82, 2.24) is 5.32 Å². The topological polar surface area (TPSA) is 45.0 Å². The molecular weight excluding hydrogens is 260 g/mol. The fourth-order valence-corrected chi connectivity index (χ4v) is 3.16. The Kier molecular flexibility index (Phi) is 5.78. The molecule has 114 valence electrons. The van der Waals surface area contributed by atoms with Gasteiger partial charge in [0, 0.05) is 0 Å². The lowest BCUT2D eigenvalue weighted by Gasteiger charge is -2.34. The zero-order chi connectivity index (χ0) is 15.1. The van der Waals surface area contributed by atoms with Gasteiger partial charge in [0.15, 0.2) is 5.54 Å². The van der Waals surface area contributed by atoms with Crippen LogP contribution < -0.4 is 5.32 Å². The first-order valence-electron chi connectivity index (χ1n) is 8.05. The molecule has 0 spiro atoms. The fraction of sp³-hybridized carbons (Fsp3) is 0.611. The Morgan fingerprint density at radius 1 is 1.29 bits per heavy atom. The number of nitrogens with one attached hydrogen (secondary N) is 1. The lowest BCUT2D eigenvalue weighted by molar-refractivity contribution is -0.0261. The lowest BCUT2D eigenvalue weighted by Crippen LogP contribution is -2.46. The molecule has 1 fully saturated rings. The Balaban J connectivity index is 2.11. The molecule has 1 saturated carbocycles. The number of nitriles is 1. The second-order valence-electron chi connectivity index (χ2n) is 6.02. The van der Waals surface area contributed by atoms with Crippen molar-refractivity contribution in [2.45, 2.75) is 51.2 Å². The zero-order valence-corrected chi connectivity index (χ0v) is 13.1. The van der Waals surface area contributed by atoms with Crippen molar-refractivity contribution in [2.24, 2.45) is 5.92 Å². The maximum atomic E-state index is 9.76. The second-order valence-corrected chi connectivity index (χ2v) is 6.02. The van der Waals surface area contributed by atoms with Crippen LogP contribution in [0.25, 0.3) is 0 Å². The van der Waals surface area contributed by atoms with Crippen molar-refractivity contribution in [1.29, 1.82) is 5.26 Å². The number of benzene rings is 1. The van der Waals surface area contributed by atoms with Crippen LogP contribution in [0.15, 0.2) is 30.3 Å². The predicted octanol–water partition coefficient (Wildman–Crippen LogP) is 3.61. The Labute approximate surface area is 128 Å². The third-order valence-corrected chi connectivity index (χ3v) is 4.48. The van der Waals surface area contributed by atoms with Crippen LogP contribution in [0.3, 0.4) is 0 Å². The van der Waals surface area contributed by atoms with E-state index in [9.17, 15) is 5.26 Å². The van der Waals surface area contributed by atoms with Crippen molar-refractivity contribution in [3.63, 3.8) is 0 Å². The quantitative estimate of drug-likeness (QED) is 0.869. The fourth-order valence-electron chi connectivity index (χ4n) is 3.16. The minimum Gasteiger partial charge on any atom is -0.375 e. The molecule has 0 radical (unpaired) electrons. The molecule has 3 unspecified atom stereocenters. The van der Waals surface area contributed by atoms with Gasteiger partial charge >= 0.3 is 0 Å². The van der Waals surface area contributed by atoms with Crippen LogP contribution in [0.2, 0.25) is 0 Å². The first-order valence-corrected chi connectivity index (χ1v) is 8.05. The highest BCUT2D eigenvalue weighted by atomic mass is 16.5. The highest BCUT2D eigenvalue weighted by molar-refractivity contribution is 5.31. The van der Waals surface area contributed by atoms with E-state index in [-0.39, 0.29) is 6.10 Å². The SMILES string of the molecule is CCNC(C#N)(COC1CCCCC1C)c1ccccc1. The third-order valence-electron chi connectivity index (χ3n) is 4.48. The average molecular weight is 286 g/mol. The standard InChI is InChI=1S/C18H26N2O/c1-3-20-18(13-19,16-10-5-4-6-11-16)14-21-17-12-8-7-9-15(17)2/h4-6,10-11,15,17,20H,3,7-9,12,14H2,1-2H3. The van der Waals surface area contributed by atoms with E-state index in [1.165, 1.54) is 19.3 Å². The molecule has 21 heavy (non-hydrogen) atoms. The van der Waals surface area contributed by atoms with Crippen molar-refractivity contribution >= 4 is 0 Å². The summed E-state index contributed by atoms with van der Waals surface area (Å²) >= 11 is 0. The summed E-state index contributed by atoms with van der Waals surface area (Å²) in [5.41, 5.74) is 0.241. The summed E-state index contributed by atoms with van der Waals surface area (Å²) < 4.78 is 6.17. The van der Waals surface area contributed by atoms with Gasteiger partial charge in [-0.3, -0.25) is 5.32 Å². The van der Waals surface area contributed by atoms with Crippen molar-refractivity contribution < 1.29 is 4.74 Å². The van der Waals surface area contributed by atoms with Gasteiger partial charge in [0.1, 0.15) is 0 Å². The number of rotatable bonds is 6. The van der Waals surface area contributed by atoms with Gasteiger partial charge in [-0.05, 0) is 30.9 Å². The molecule has 0 amide bonds. The summed E-state index contributed by atoms with van der Waals surface area (Å²) in [6, 6.07) is 12.4. The second kappa shape index (κ2) is 7.59. The highest BCUT2D eigenvalue weighted by Gasteiger charge is 2.34. The molecule has 3 atom stereocenters. The normalized spacial score (nSPS) is 25.0. The van der Waals surface area contributed by atoms with Crippen LogP contribution in [0.5, 0.6) is 0 Å². The summed E-state index contributed by atoms with van der Waals surface area (Å²) in [6.07, 6.45) is 5.17. The molecule has 1 aromatic carbocycles. The third kappa shape index (κ3) is 3.84. The van der Waals surface area contributed by atoms with Crippen LogP contribution >= 0.6 is 0 Å². The number of nitrogens with zero attached hydrogens (tertiary/aromatic N) is 1. The number of hydrogen-bond donors (Lipinski definition) is 1. The molecule has 0 bridgehead atoms. The van der Waals surface area contributed by atoms with Gasteiger partial charge in [0.2, 0.25) is 0 Å². The average Bonchev–Trinajstić information content (AvgIpc) is 2.54. The summed E-state index contributed by atoms with van der Waals surface area (Å²) in [5.74, 6) is 0.590. The van der Waals surface area contributed by atoms with Crippen molar-refractivity contribution in [3.05, 3.63) is 35.9 Å². The van der Waals surface area contributed by atoms with E-state index in [1.54, 1.807) is 0 Å². The monoisotopic (exact) mass is 286 g/mol. The molecule has 3 nitrogen and oxygen atoms in total. The first-order chi connectivity index (χ1) is 10.2. The molecule has 1 aliphatic rings. The van der Waals surface area contributed by atoms with Crippen molar-refractivity contribution in [2.75, 3.05) is 13.2 Å². The van der Waals surface area contributed by atoms with Gasteiger partial charge in [-0.1, -0.05) is 57.0 Å². The van der Waals surface area contributed by atoms with E-state index < -0.39 is 5.54 Å². The van der Waals surface area contributed by atoms with E-state index in [1.807, 2.05) is 37.3 Å². The Morgan fingerprint density at radius 3 is 2.62 bits per heavy atom. The van der Waals surface area contributed by atoms with Crippen LogP contribution in [0, 0.1) is 17.2 Å². The molecule has 0 heterocycles. The van der Waals surface area contributed by atoms with Crippen LogP contribution in [0.1, 0.15) is 45.1 Å². The summed E-state index contributed by atoms with van der Waals surface area (Å²) in [5, 5.41) is 13.1. The maximum absolute atomic E-state index is 9.76. The Morgan fingerprint density at radius 2 is 2.00 bits per heavy atom. The zero-order valence-electron chi connectivity index (χ0n) is 13.1. The van der Waals surface area contributed by atoms with Gasteiger partial charge in [-0.15, -0.1) is 0 Å². The van der Waals surface area contributed by atoms with Gasteiger partial charge in [-0.2, -0.15) is 5.26 Å². The molecule has 0 saturated heterocycles. The molecule has 3 heteroatoms. The molecule has 0 aliphatic heterocycles. The molecule has 2 rings (SSSR count). The lowest BCUT2D eigenvalue weighted by atomic mass is 9.87. The molecule has 1 aliphatic carbocycles. The van der Waals surface area contributed by atoms with E-state index in [0.29, 0.717) is 12.5 Å².